The van der Waals surface area contributed by atoms with Crippen LogP contribution in [0, 0.1) is 0 Å². The fourth-order valence-corrected chi connectivity index (χ4v) is 3.38. The maximum atomic E-state index is 12.8. The third-order valence-corrected chi connectivity index (χ3v) is 4.93. The minimum Gasteiger partial charge on any atom is -0.376 e. The molecule has 1 aliphatic rings. The van der Waals surface area contributed by atoms with Gasteiger partial charge in [-0.15, -0.1) is 0 Å². The fourth-order valence-electron chi connectivity index (χ4n) is 3.20. The number of imidazole rings is 1. The Kier molecular flexibility index (Phi) is 5.27. The highest BCUT2D eigenvalue weighted by molar-refractivity contribution is 6.34. The van der Waals surface area contributed by atoms with Crippen LogP contribution in [0.5, 0.6) is 0 Å². The molecular formula is C20H19ClN4O3. The van der Waals surface area contributed by atoms with Gasteiger partial charge in [-0.05, 0) is 37.1 Å². The van der Waals surface area contributed by atoms with Gasteiger partial charge in [0.1, 0.15) is 0 Å². The highest BCUT2D eigenvalue weighted by Gasteiger charge is 2.23. The van der Waals surface area contributed by atoms with E-state index in [-0.39, 0.29) is 23.5 Å². The van der Waals surface area contributed by atoms with Gasteiger partial charge in [-0.1, -0.05) is 29.8 Å². The molecule has 1 fully saturated rings. The van der Waals surface area contributed by atoms with Gasteiger partial charge in [0.15, 0.2) is 5.69 Å². The van der Waals surface area contributed by atoms with Crippen molar-refractivity contribution in [3.63, 3.8) is 0 Å². The zero-order valence-corrected chi connectivity index (χ0v) is 15.8. The van der Waals surface area contributed by atoms with E-state index < -0.39 is 5.91 Å². The summed E-state index contributed by atoms with van der Waals surface area (Å²) in [6.07, 6.45) is 3.65. The van der Waals surface area contributed by atoms with Crippen molar-refractivity contribution in [2.75, 3.05) is 18.5 Å². The Morgan fingerprint density at radius 3 is 2.79 bits per heavy atom. The van der Waals surface area contributed by atoms with E-state index in [4.69, 9.17) is 16.3 Å². The Bertz CT molecular complexity index is 1030. The number of rotatable bonds is 5. The first-order valence-electron chi connectivity index (χ1n) is 9.06. The van der Waals surface area contributed by atoms with E-state index in [1.54, 1.807) is 53.1 Å². The number of fused-ring (bicyclic) bond motifs is 1. The lowest BCUT2D eigenvalue weighted by Gasteiger charge is -2.10. The van der Waals surface area contributed by atoms with Crippen LogP contribution in [0.1, 0.15) is 33.9 Å². The fraction of sp³-hybridized carbons (Fsp3) is 0.250. The second-order valence-corrected chi connectivity index (χ2v) is 6.93. The highest BCUT2D eigenvalue weighted by atomic mass is 35.5. The number of hydrogen-bond acceptors (Lipinski definition) is 4. The molecule has 8 heteroatoms. The number of amides is 2. The van der Waals surface area contributed by atoms with E-state index in [0.717, 1.165) is 19.4 Å². The molecule has 0 radical (unpaired) electrons. The molecule has 0 spiro atoms. The number of nitrogens with zero attached hydrogens (tertiary/aromatic N) is 2. The van der Waals surface area contributed by atoms with E-state index in [1.165, 1.54) is 0 Å². The molecule has 7 nitrogen and oxygen atoms in total. The Morgan fingerprint density at radius 2 is 2.00 bits per heavy atom. The number of aromatic nitrogens is 2. The van der Waals surface area contributed by atoms with Crippen molar-refractivity contribution >= 4 is 34.6 Å². The van der Waals surface area contributed by atoms with E-state index in [9.17, 15) is 9.59 Å². The topological polar surface area (TPSA) is 84.7 Å². The summed E-state index contributed by atoms with van der Waals surface area (Å²) in [5.41, 5.74) is 1.17. The van der Waals surface area contributed by atoms with E-state index in [1.807, 2.05) is 0 Å². The third kappa shape index (κ3) is 3.72. The molecular weight excluding hydrogens is 380 g/mol. The molecule has 1 saturated heterocycles. The van der Waals surface area contributed by atoms with Crippen molar-refractivity contribution < 1.29 is 14.3 Å². The summed E-state index contributed by atoms with van der Waals surface area (Å²) in [7, 11) is 0. The van der Waals surface area contributed by atoms with Crippen LogP contribution in [-0.4, -0.2) is 40.5 Å². The molecule has 4 rings (SSSR count). The monoisotopic (exact) mass is 398 g/mol. The van der Waals surface area contributed by atoms with Crippen LogP contribution in [0.3, 0.4) is 0 Å². The Morgan fingerprint density at radius 1 is 1.18 bits per heavy atom. The van der Waals surface area contributed by atoms with Crippen LogP contribution in [0.4, 0.5) is 5.69 Å². The summed E-state index contributed by atoms with van der Waals surface area (Å²) in [5, 5.41) is 6.02. The number of carbonyl (C=O) groups is 2. The molecule has 1 aliphatic heterocycles. The number of nitrogens with one attached hydrogen (secondary N) is 2. The number of ether oxygens (including phenoxy) is 1. The molecule has 2 amide bonds. The lowest BCUT2D eigenvalue weighted by molar-refractivity contribution is 0.0848. The second kappa shape index (κ2) is 8.00. The summed E-state index contributed by atoms with van der Waals surface area (Å²) in [6.45, 7) is 1.14. The number of benzene rings is 1. The molecule has 0 bridgehead atoms. The van der Waals surface area contributed by atoms with Crippen molar-refractivity contribution in [1.29, 1.82) is 0 Å². The van der Waals surface area contributed by atoms with Crippen LogP contribution in [-0.2, 0) is 4.74 Å². The van der Waals surface area contributed by atoms with Crippen LogP contribution >= 0.6 is 11.6 Å². The molecule has 1 atom stereocenters. The Labute approximate surface area is 166 Å². The van der Waals surface area contributed by atoms with Gasteiger partial charge in [-0.3, -0.25) is 14.0 Å². The lowest BCUT2D eigenvalue weighted by atomic mass is 10.2. The van der Waals surface area contributed by atoms with Crippen LogP contribution in [0.15, 0.2) is 48.7 Å². The minimum atomic E-state index is -0.435. The lowest BCUT2D eigenvalue weighted by Crippen LogP contribution is -2.33. The molecule has 1 aromatic carbocycles. The quantitative estimate of drug-likeness (QED) is 0.691. The Balaban J connectivity index is 1.59. The maximum Gasteiger partial charge on any atom is 0.287 e. The van der Waals surface area contributed by atoms with Gasteiger partial charge in [0.25, 0.3) is 11.8 Å². The first-order chi connectivity index (χ1) is 13.6. The standard InChI is InChI=1S/C20H19ClN4O3/c21-14-7-1-2-8-15(14)23-19(26)17-16-9-3-4-10-25(16)18(24-17)20(27)22-12-13-6-5-11-28-13/h1-4,7-10,13H,5-6,11-12H2,(H,22,27)(H,23,26). The van der Waals surface area contributed by atoms with Gasteiger partial charge in [-0.2, -0.15) is 0 Å². The van der Waals surface area contributed by atoms with Crippen molar-refractivity contribution in [3.05, 3.63) is 65.2 Å². The summed E-state index contributed by atoms with van der Waals surface area (Å²) >= 11 is 6.12. The number of pyridine rings is 1. The van der Waals surface area contributed by atoms with Gasteiger partial charge in [0, 0.05) is 19.3 Å². The maximum absolute atomic E-state index is 12.8. The molecule has 28 heavy (non-hydrogen) atoms. The van der Waals surface area contributed by atoms with Gasteiger partial charge >= 0.3 is 0 Å². The SMILES string of the molecule is O=C(Nc1ccccc1Cl)c1nc(C(=O)NCC2CCCO2)n2ccccc12. The summed E-state index contributed by atoms with van der Waals surface area (Å²) in [5.74, 6) is -0.638. The predicted octanol–water partition coefficient (Wildman–Crippen LogP) is 3.15. The zero-order chi connectivity index (χ0) is 19.5. The first-order valence-corrected chi connectivity index (χ1v) is 9.44. The number of carbonyl (C=O) groups excluding carboxylic acids is 2. The molecule has 2 aromatic heterocycles. The number of halogens is 1. The second-order valence-electron chi connectivity index (χ2n) is 6.52. The third-order valence-electron chi connectivity index (χ3n) is 4.60. The van der Waals surface area contributed by atoms with Gasteiger partial charge in [-0.25, -0.2) is 4.98 Å². The summed E-state index contributed by atoms with van der Waals surface area (Å²) < 4.78 is 7.13. The van der Waals surface area contributed by atoms with Crippen molar-refractivity contribution in [2.45, 2.75) is 18.9 Å². The number of para-hydroxylation sites is 1. The number of anilines is 1. The predicted molar refractivity (Wildman–Crippen MR) is 106 cm³/mol. The first kappa shape index (κ1) is 18.5. The molecule has 0 aliphatic carbocycles. The molecule has 0 saturated carbocycles. The van der Waals surface area contributed by atoms with Crippen molar-refractivity contribution in [1.82, 2.24) is 14.7 Å². The smallest absolute Gasteiger partial charge is 0.287 e. The minimum absolute atomic E-state index is 0.0261. The van der Waals surface area contributed by atoms with Gasteiger partial charge in [0.2, 0.25) is 5.82 Å². The van der Waals surface area contributed by atoms with Crippen molar-refractivity contribution in [3.8, 4) is 0 Å². The van der Waals surface area contributed by atoms with E-state index in [0.29, 0.717) is 22.8 Å². The van der Waals surface area contributed by atoms with Crippen LogP contribution in [0.25, 0.3) is 5.52 Å². The van der Waals surface area contributed by atoms with Gasteiger partial charge in [0.05, 0.1) is 22.3 Å². The van der Waals surface area contributed by atoms with Gasteiger partial charge < -0.3 is 15.4 Å². The van der Waals surface area contributed by atoms with E-state index >= 15 is 0 Å². The van der Waals surface area contributed by atoms with Crippen molar-refractivity contribution in [2.24, 2.45) is 0 Å². The highest BCUT2D eigenvalue weighted by Crippen LogP contribution is 2.22. The Hall–Kier alpha value is -2.90. The average molecular weight is 399 g/mol. The summed E-state index contributed by atoms with van der Waals surface area (Å²) in [6, 6.07) is 12.3. The molecule has 2 N–H and O–H groups in total. The molecule has 3 aromatic rings. The normalized spacial score (nSPS) is 16.2. The largest absolute Gasteiger partial charge is 0.376 e. The number of hydrogen-bond donors (Lipinski definition) is 2. The molecule has 144 valence electrons. The molecule has 1 unspecified atom stereocenters. The zero-order valence-electron chi connectivity index (χ0n) is 15.0. The summed E-state index contributed by atoms with van der Waals surface area (Å²) in [4.78, 5) is 29.8. The average Bonchev–Trinajstić information content (AvgIpc) is 3.36. The molecule has 3 heterocycles. The van der Waals surface area contributed by atoms with Crippen LogP contribution in [0.2, 0.25) is 5.02 Å². The van der Waals surface area contributed by atoms with E-state index in [2.05, 4.69) is 15.6 Å². The van der Waals surface area contributed by atoms with Crippen LogP contribution < -0.4 is 10.6 Å².